The van der Waals surface area contributed by atoms with Crippen molar-refractivity contribution in [3.63, 3.8) is 0 Å². The lowest BCUT2D eigenvalue weighted by atomic mass is 9.98. The third-order valence-electron chi connectivity index (χ3n) is 5.73. The summed E-state index contributed by atoms with van der Waals surface area (Å²) < 4.78 is 5.62. The third-order valence-corrected chi connectivity index (χ3v) is 5.73. The first-order valence-electron chi connectivity index (χ1n) is 11.0. The molecule has 5 nitrogen and oxygen atoms in total. The molecule has 3 aromatic carbocycles. The monoisotopic (exact) mass is 428 g/mol. The van der Waals surface area contributed by atoms with Crippen molar-refractivity contribution in [3.8, 4) is 5.75 Å². The van der Waals surface area contributed by atoms with E-state index < -0.39 is 0 Å². The molecule has 0 bridgehead atoms. The third kappa shape index (κ3) is 5.17. The van der Waals surface area contributed by atoms with Crippen molar-refractivity contribution in [2.24, 2.45) is 0 Å². The fraction of sp³-hybridized carbons (Fsp3) is 0.259. The molecule has 4 rings (SSSR count). The fourth-order valence-corrected chi connectivity index (χ4v) is 3.87. The maximum absolute atomic E-state index is 12.8. The summed E-state index contributed by atoms with van der Waals surface area (Å²) in [5, 5.41) is 2.90. The van der Waals surface area contributed by atoms with Gasteiger partial charge in [-0.25, -0.2) is 0 Å². The topological polar surface area (TPSA) is 58.6 Å². The van der Waals surface area contributed by atoms with Crippen molar-refractivity contribution < 1.29 is 14.3 Å². The number of hydrogen-bond donors (Lipinski definition) is 1. The second-order valence-corrected chi connectivity index (χ2v) is 8.39. The number of nitrogens with one attached hydrogen (secondary N) is 1. The Kier molecular flexibility index (Phi) is 6.55. The highest BCUT2D eigenvalue weighted by molar-refractivity contribution is 5.94. The van der Waals surface area contributed by atoms with E-state index in [2.05, 4.69) is 19.2 Å². The van der Waals surface area contributed by atoms with E-state index in [0.717, 1.165) is 12.0 Å². The number of carbonyl (C=O) groups excluding carboxylic acids is 2. The maximum Gasteiger partial charge on any atom is 0.262 e. The largest absolute Gasteiger partial charge is 0.484 e. The lowest BCUT2D eigenvalue weighted by Gasteiger charge is -2.29. The van der Waals surface area contributed by atoms with Gasteiger partial charge in [-0.1, -0.05) is 50.2 Å². The van der Waals surface area contributed by atoms with Crippen LogP contribution in [0.4, 0.5) is 5.69 Å². The van der Waals surface area contributed by atoms with Gasteiger partial charge in [-0.15, -0.1) is 0 Å². The highest BCUT2D eigenvalue weighted by Crippen LogP contribution is 2.24. The van der Waals surface area contributed by atoms with Crippen LogP contribution in [0.25, 0.3) is 0 Å². The number of nitrogens with zero attached hydrogens (tertiary/aromatic N) is 1. The Morgan fingerprint density at radius 1 is 0.969 bits per heavy atom. The molecule has 1 N–H and O–H groups in total. The lowest BCUT2D eigenvalue weighted by molar-refractivity contribution is -0.118. The van der Waals surface area contributed by atoms with Crippen LogP contribution in [-0.2, 0) is 17.8 Å². The molecule has 32 heavy (non-hydrogen) atoms. The zero-order valence-corrected chi connectivity index (χ0v) is 18.5. The van der Waals surface area contributed by atoms with Gasteiger partial charge in [0.05, 0.1) is 0 Å². The second kappa shape index (κ2) is 9.69. The van der Waals surface area contributed by atoms with Gasteiger partial charge in [0, 0.05) is 24.3 Å². The minimum absolute atomic E-state index is 0.0302. The molecule has 5 heteroatoms. The summed E-state index contributed by atoms with van der Waals surface area (Å²) in [5.41, 5.74) is 4.90. The molecule has 0 atom stereocenters. The molecule has 0 saturated carbocycles. The first-order chi connectivity index (χ1) is 15.5. The standard InChI is InChI=1S/C27H28N2O3/c1-19(2)20-9-12-25(13-10-20)32-18-26(30)28-24-11-8-21-14-15-29(17-23(21)16-24)27(31)22-6-4-3-5-7-22/h3-13,16,19H,14-15,17-18H2,1-2H3,(H,28,30). The number of rotatable bonds is 6. The van der Waals surface area contributed by atoms with Crippen LogP contribution in [0.3, 0.4) is 0 Å². The summed E-state index contributed by atoms with van der Waals surface area (Å²) in [7, 11) is 0. The second-order valence-electron chi connectivity index (χ2n) is 8.39. The zero-order chi connectivity index (χ0) is 22.5. The van der Waals surface area contributed by atoms with E-state index in [1.165, 1.54) is 11.1 Å². The van der Waals surface area contributed by atoms with Crippen molar-refractivity contribution in [2.75, 3.05) is 18.5 Å². The molecule has 0 fully saturated rings. The lowest BCUT2D eigenvalue weighted by Crippen LogP contribution is -2.36. The summed E-state index contributed by atoms with van der Waals surface area (Å²) in [6.07, 6.45) is 0.803. The molecule has 2 amide bonds. The average Bonchev–Trinajstić information content (AvgIpc) is 2.82. The summed E-state index contributed by atoms with van der Waals surface area (Å²) in [4.78, 5) is 27.0. The van der Waals surface area contributed by atoms with Gasteiger partial charge in [0.1, 0.15) is 5.75 Å². The Hall–Kier alpha value is -3.60. The molecule has 3 aromatic rings. The molecule has 0 saturated heterocycles. The van der Waals surface area contributed by atoms with Gasteiger partial charge in [0.2, 0.25) is 0 Å². The average molecular weight is 429 g/mol. The minimum atomic E-state index is -0.217. The molecular formula is C27H28N2O3. The van der Waals surface area contributed by atoms with Gasteiger partial charge in [-0.2, -0.15) is 0 Å². The van der Waals surface area contributed by atoms with Crippen LogP contribution in [0.5, 0.6) is 5.75 Å². The van der Waals surface area contributed by atoms with Gasteiger partial charge in [0.15, 0.2) is 6.61 Å². The van der Waals surface area contributed by atoms with Crippen molar-refractivity contribution in [1.82, 2.24) is 4.90 Å². The van der Waals surface area contributed by atoms with Crippen molar-refractivity contribution in [3.05, 3.63) is 95.1 Å². The predicted octanol–water partition coefficient (Wildman–Crippen LogP) is 5.03. The van der Waals surface area contributed by atoms with Crippen LogP contribution in [-0.4, -0.2) is 29.9 Å². The smallest absolute Gasteiger partial charge is 0.262 e. The molecule has 0 aromatic heterocycles. The van der Waals surface area contributed by atoms with E-state index in [0.29, 0.717) is 36.0 Å². The molecule has 0 spiro atoms. The van der Waals surface area contributed by atoms with Crippen LogP contribution in [0, 0.1) is 0 Å². The van der Waals surface area contributed by atoms with Gasteiger partial charge < -0.3 is 15.0 Å². The fourth-order valence-electron chi connectivity index (χ4n) is 3.87. The molecule has 1 aliphatic heterocycles. The number of benzene rings is 3. The Morgan fingerprint density at radius 2 is 1.72 bits per heavy atom. The first-order valence-corrected chi connectivity index (χ1v) is 11.0. The number of anilines is 1. The van der Waals surface area contributed by atoms with Crippen LogP contribution in [0.1, 0.15) is 46.8 Å². The van der Waals surface area contributed by atoms with Gasteiger partial charge in [-0.05, 0) is 65.4 Å². The van der Waals surface area contributed by atoms with Crippen LogP contribution < -0.4 is 10.1 Å². The Morgan fingerprint density at radius 3 is 2.44 bits per heavy atom. The molecule has 164 valence electrons. The number of ether oxygens (including phenoxy) is 1. The zero-order valence-electron chi connectivity index (χ0n) is 18.5. The van der Waals surface area contributed by atoms with E-state index >= 15 is 0 Å². The quantitative estimate of drug-likeness (QED) is 0.599. The maximum atomic E-state index is 12.8. The molecule has 0 unspecified atom stereocenters. The highest BCUT2D eigenvalue weighted by atomic mass is 16.5. The van der Waals surface area contributed by atoms with Crippen LogP contribution in [0.2, 0.25) is 0 Å². The van der Waals surface area contributed by atoms with Crippen LogP contribution in [0.15, 0.2) is 72.8 Å². The van der Waals surface area contributed by atoms with Gasteiger partial charge >= 0.3 is 0 Å². The van der Waals surface area contributed by atoms with E-state index in [1.54, 1.807) is 0 Å². The number of hydrogen-bond acceptors (Lipinski definition) is 3. The Bertz CT molecular complexity index is 1090. The number of fused-ring (bicyclic) bond motifs is 1. The molecule has 1 heterocycles. The van der Waals surface area contributed by atoms with E-state index in [4.69, 9.17) is 4.74 Å². The van der Waals surface area contributed by atoms with Crippen molar-refractivity contribution in [1.29, 1.82) is 0 Å². The molecule has 0 aliphatic carbocycles. The number of carbonyl (C=O) groups is 2. The Balaban J connectivity index is 1.35. The predicted molar refractivity (Wildman–Crippen MR) is 126 cm³/mol. The molecular weight excluding hydrogens is 400 g/mol. The minimum Gasteiger partial charge on any atom is -0.484 e. The summed E-state index contributed by atoms with van der Waals surface area (Å²) in [5.74, 6) is 0.939. The molecule has 0 radical (unpaired) electrons. The summed E-state index contributed by atoms with van der Waals surface area (Å²) >= 11 is 0. The summed E-state index contributed by atoms with van der Waals surface area (Å²) in [6.45, 7) is 5.44. The van der Waals surface area contributed by atoms with Gasteiger partial charge in [-0.3, -0.25) is 9.59 Å². The van der Waals surface area contributed by atoms with E-state index in [1.807, 2.05) is 77.7 Å². The van der Waals surface area contributed by atoms with Crippen molar-refractivity contribution in [2.45, 2.75) is 32.7 Å². The van der Waals surface area contributed by atoms with E-state index in [9.17, 15) is 9.59 Å². The van der Waals surface area contributed by atoms with Gasteiger partial charge in [0.25, 0.3) is 11.8 Å². The first kappa shape index (κ1) is 21.6. The SMILES string of the molecule is CC(C)c1ccc(OCC(=O)Nc2ccc3c(c2)CN(C(=O)c2ccccc2)CC3)cc1. The molecule has 1 aliphatic rings. The summed E-state index contributed by atoms with van der Waals surface area (Å²) in [6, 6.07) is 23.0. The van der Waals surface area contributed by atoms with Crippen molar-refractivity contribution >= 4 is 17.5 Å². The Labute approximate surface area is 189 Å². The normalized spacial score (nSPS) is 12.9. The van der Waals surface area contributed by atoms with E-state index in [-0.39, 0.29) is 18.4 Å². The van der Waals surface area contributed by atoms with Crippen LogP contribution >= 0.6 is 0 Å². The number of amides is 2. The highest BCUT2D eigenvalue weighted by Gasteiger charge is 2.22.